The summed E-state index contributed by atoms with van der Waals surface area (Å²) >= 11 is 3.46. The number of rotatable bonds is 5. The lowest BCUT2D eigenvalue weighted by atomic mass is 10.1. The second-order valence-electron chi connectivity index (χ2n) is 4.20. The van der Waals surface area contributed by atoms with Gasteiger partial charge < -0.3 is 10.4 Å². The van der Waals surface area contributed by atoms with Gasteiger partial charge in [0.15, 0.2) is 0 Å². The van der Waals surface area contributed by atoms with Crippen LogP contribution in [0.1, 0.15) is 19.4 Å². The van der Waals surface area contributed by atoms with Gasteiger partial charge in [0.25, 0.3) is 0 Å². The first-order valence-corrected chi connectivity index (χ1v) is 5.94. The molecule has 1 aromatic rings. The monoisotopic (exact) mass is 285 g/mol. The first kappa shape index (κ1) is 13.2. The largest absolute Gasteiger partial charge is 0.480 e. The maximum atomic E-state index is 10.9. The molecule has 0 heterocycles. The molecule has 0 saturated heterocycles. The summed E-state index contributed by atoms with van der Waals surface area (Å²) in [5, 5.41) is 11.9. The zero-order valence-electron chi connectivity index (χ0n) is 9.46. The highest BCUT2D eigenvalue weighted by Crippen LogP contribution is 2.16. The molecule has 0 bridgehead atoms. The SMILES string of the molecule is CC(C)(NCCc1ccccc1Br)C(=O)O. The average molecular weight is 286 g/mol. The molecule has 0 aliphatic heterocycles. The lowest BCUT2D eigenvalue weighted by molar-refractivity contribution is -0.143. The van der Waals surface area contributed by atoms with Gasteiger partial charge in [-0.2, -0.15) is 0 Å². The fourth-order valence-electron chi connectivity index (χ4n) is 1.29. The van der Waals surface area contributed by atoms with Crippen LogP contribution in [0.4, 0.5) is 0 Å². The van der Waals surface area contributed by atoms with Crippen LogP contribution in [-0.2, 0) is 11.2 Å². The molecule has 0 aliphatic rings. The lowest BCUT2D eigenvalue weighted by Gasteiger charge is -2.21. The van der Waals surface area contributed by atoms with Crippen molar-refractivity contribution in [3.05, 3.63) is 34.3 Å². The predicted octanol–water partition coefficient (Wildman–Crippen LogP) is 2.44. The Bertz CT molecular complexity index is 377. The first-order chi connectivity index (χ1) is 7.43. The van der Waals surface area contributed by atoms with Crippen LogP contribution in [0.5, 0.6) is 0 Å². The van der Waals surface area contributed by atoms with Crippen molar-refractivity contribution in [1.29, 1.82) is 0 Å². The van der Waals surface area contributed by atoms with Crippen molar-refractivity contribution < 1.29 is 9.90 Å². The average Bonchev–Trinajstić information content (AvgIpc) is 2.20. The molecular weight excluding hydrogens is 270 g/mol. The molecule has 0 aliphatic carbocycles. The number of carbonyl (C=O) groups is 1. The number of hydrogen-bond acceptors (Lipinski definition) is 2. The van der Waals surface area contributed by atoms with Crippen LogP contribution in [-0.4, -0.2) is 23.2 Å². The zero-order chi connectivity index (χ0) is 12.2. The number of aliphatic carboxylic acids is 1. The fourth-order valence-corrected chi connectivity index (χ4v) is 1.77. The van der Waals surface area contributed by atoms with E-state index in [0.717, 1.165) is 10.9 Å². The predicted molar refractivity (Wildman–Crippen MR) is 67.6 cm³/mol. The van der Waals surface area contributed by atoms with Gasteiger partial charge >= 0.3 is 5.97 Å². The molecule has 0 fully saturated rings. The van der Waals surface area contributed by atoms with Crippen LogP contribution in [0.2, 0.25) is 0 Å². The van der Waals surface area contributed by atoms with Crippen molar-refractivity contribution in [2.75, 3.05) is 6.54 Å². The molecule has 0 amide bonds. The van der Waals surface area contributed by atoms with Gasteiger partial charge in [0.05, 0.1) is 0 Å². The summed E-state index contributed by atoms with van der Waals surface area (Å²) in [5.41, 5.74) is 0.303. The van der Waals surface area contributed by atoms with Crippen molar-refractivity contribution in [3.8, 4) is 0 Å². The minimum atomic E-state index is -0.874. The van der Waals surface area contributed by atoms with E-state index >= 15 is 0 Å². The Morgan fingerprint density at radius 1 is 1.44 bits per heavy atom. The van der Waals surface area contributed by atoms with Crippen molar-refractivity contribution in [1.82, 2.24) is 5.32 Å². The van der Waals surface area contributed by atoms with Crippen molar-refractivity contribution >= 4 is 21.9 Å². The summed E-state index contributed by atoms with van der Waals surface area (Å²) in [6, 6.07) is 7.95. The van der Waals surface area contributed by atoms with Gasteiger partial charge in [-0.15, -0.1) is 0 Å². The van der Waals surface area contributed by atoms with Gasteiger partial charge in [-0.3, -0.25) is 4.79 Å². The summed E-state index contributed by atoms with van der Waals surface area (Å²) in [6.45, 7) is 3.96. The topological polar surface area (TPSA) is 49.3 Å². The van der Waals surface area contributed by atoms with Crippen LogP contribution in [0.3, 0.4) is 0 Å². The van der Waals surface area contributed by atoms with Crippen molar-refractivity contribution in [2.24, 2.45) is 0 Å². The molecule has 16 heavy (non-hydrogen) atoms. The molecular formula is C12H16BrNO2. The highest BCUT2D eigenvalue weighted by atomic mass is 79.9. The van der Waals surface area contributed by atoms with E-state index in [2.05, 4.69) is 21.2 Å². The molecule has 2 N–H and O–H groups in total. The van der Waals surface area contributed by atoms with Crippen LogP contribution in [0.25, 0.3) is 0 Å². The number of carboxylic acid groups (broad SMARTS) is 1. The van der Waals surface area contributed by atoms with Crippen LogP contribution in [0.15, 0.2) is 28.7 Å². The van der Waals surface area contributed by atoms with E-state index in [1.165, 1.54) is 5.56 Å². The van der Waals surface area contributed by atoms with Gasteiger partial charge in [-0.05, 0) is 31.9 Å². The molecule has 0 unspecified atom stereocenters. The number of halogens is 1. The molecule has 0 aromatic heterocycles. The third-order valence-electron chi connectivity index (χ3n) is 2.45. The molecule has 0 radical (unpaired) electrons. The van der Waals surface area contributed by atoms with Crippen molar-refractivity contribution in [3.63, 3.8) is 0 Å². The smallest absolute Gasteiger partial charge is 0.323 e. The molecule has 0 saturated carbocycles. The fraction of sp³-hybridized carbons (Fsp3) is 0.417. The lowest BCUT2D eigenvalue weighted by Crippen LogP contribution is -2.47. The quantitative estimate of drug-likeness (QED) is 0.874. The van der Waals surface area contributed by atoms with Gasteiger partial charge in [0.2, 0.25) is 0 Å². The standard InChI is InChI=1S/C12H16BrNO2/c1-12(2,11(15)16)14-8-7-9-5-3-4-6-10(9)13/h3-6,14H,7-8H2,1-2H3,(H,15,16). The van der Waals surface area contributed by atoms with E-state index in [9.17, 15) is 4.79 Å². The molecule has 88 valence electrons. The molecule has 0 atom stereocenters. The van der Waals surface area contributed by atoms with Crippen LogP contribution in [0, 0.1) is 0 Å². The third kappa shape index (κ3) is 3.61. The second-order valence-corrected chi connectivity index (χ2v) is 5.05. The zero-order valence-corrected chi connectivity index (χ0v) is 11.0. The second kappa shape index (κ2) is 5.46. The number of nitrogens with one attached hydrogen (secondary N) is 1. The Hall–Kier alpha value is -0.870. The van der Waals surface area contributed by atoms with Crippen molar-refractivity contribution in [2.45, 2.75) is 25.8 Å². The Labute approximate surface area is 104 Å². The minimum Gasteiger partial charge on any atom is -0.480 e. The van der Waals surface area contributed by atoms with Gasteiger partial charge in [0, 0.05) is 11.0 Å². The number of carboxylic acids is 1. The normalized spacial score (nSPS) is 11.4. The molecule has 0 spiro atoms. The summed E-state index contributed by atoms with van der Waals surface area (Å²) in [4.78, 5) is 10.9. The van der Waals surface area contributed by atoms with E-state index in [0.29, 0.717) is 6.54 Å². The Morgan fingerprint density at radius 2 is 2.06 bits per heavy atom. The highest BCUT2D eigenvalue weighted by Gasteiger charge is 2.25. The Morgan fingerprint density at radius 3 is 2.62 bits per heavy atom. The Kier molecular flexibility index (Phi) is 4.50. The highest BCUT2D eigenvalue weighted by molar-refractivity contribution is 9.10. The summed E-state index contributed by atoms with van der Waals surface area (Å²) in [6.07, 6.45) is 0.804. The maximum absolute atomic E-state index is 10.9. The minimum absolute atomic E-state index is 0.641. The summed E-state index contributed by atoms with van der Waals surface area (Å²) in [5.74, 6) is -0.834. The van der Waals surface area contributed by atoms with E-state index in [1.54, 1.807) is 13.8 Å². The number of benzene rings is 1. The maximum Gasteiger partial charge on any atom is 0.323 e. The first-order valence-electron chi connectivity index (χ1n) is 5.15. The summed E-state index contributed by atoms with van der Waals surface area (Å²) in [7, 11) is 0. The van der Waals surface area contributed by atoms with Gasteiger partial charge in [-0.25, -0.2) is 0 Å². The molecule has 1 rings (SSSR count). The molecule has 4 heteroatoms. The third-order valence-corrected chi connectivity index (χ3v) is 3.23. The Balaban J connectivity index is 2.48. The van der Waals surface area contributed by atoms with E-state index < -0.39 is 11.5 Å². The molecule has 3 nitrogen and oxygen atoms in total. The van der Waals surface area contributed by atoms with Gasteiger partial charge in [0.1, 0.15) is 5.54 Å². The van der Waals surface area contributed by atoms with Crippen LogP contribution >= 0.6 is 15.9 Å². The van der Waals surface area contributed by atoms with E-state index in [1.807, 2.05) is 24.3 Å². The molecule has 1 aromatic carbocycles. The van der Waals surface area contributed by atoms with E-state index in [4.69, 9.17) is 5.11 Å². The van der Waals surface area contributed by atoms with E-state index in [-0.39, 0.29) is 0 Å². The summed E-state index contributed by atoms with van der Waals surface area (Å²) < 4.78 is 1.06. The van der Waals surface area contributed by atoms with Crippen LogP contribution < -0.4 is 5.32 Å². The number of hydrogen-bond donors (Lipinski definition) is 2. The van der Waals surface area contributed by atoms with Gasteiger partial charge in [-0.1, -0.05) is 34.1 Å².